The average molecular weight is 265 g/mol. The predicted octanol–water partition coefficient (Wildman–Crippen LogP) is 0.875. The zero-order valence-electron chi connectivity index (χ0n) is 9.09. The fraction of sp³-hybridized carbons (Fsp3) is 0.400. The lowest BCUT2D eigenvalue weighted by atomic mass is 10.2. The fourth-order valence-electron chi connectivity index (χ4n) is 1.19. The highest BCUT2D eigenvalue weighted by Gasteiger charge is 2.13. The Bertz CT molecular complexity index is 395. The standard InChI is InChI=1S/C10H16N2O2S.ClH/c1-9(7-11)12-15(13,14)8-10-5-3-2-4-6-10;/h2-6,9,12H,7-8,11H2,1H3;1H/t9-;/m0./s1. The zero-order chi connectivity index (χ0) is 11.3. The largest absolute Gasteiger partial charge is 0.329 e. The number of sulfonamides is 1. The quantitative estimate of drug-likeness (QED) is 0.829. The maximum atomic E-state index is 11.6. The van der Waals surface area contributed by atoms with Crippen LogP contribution in [0.3, 0.4) is 0 Å². The molecule has 0 radical (unpaired) electrons. The van der Waals surface area contributed by atoms with Crippen molar-refractivity contribution in [2.45, 2.75) is 18.7 Å². The predicted molar refractivity (Wildman–Crippen MR) is 68.0 cm³/mol. The van der Waals surface area contributed by atoms with Gasteiger partial charge < -0.3 is 5.73 Å². The summed E-state index contributed by atoms with van der Waals surface area (Å²) in [7, 11) is -3.28. The van der Waals surface area contributed by atoms with Crippen LogP contribution in [0.1, 0.15) is 12.5 Å². The summed E-state index contributed by atoms with van der Waals surface area (Å²) in [5, 5.41) is 0. The summed E-state index contributed by atoms with van der Waals surface area (Å²) in [5.41, 5.74) is 6.12. The molecule has 0 fully saturated rings. The minimum absolute atomic E-state index is 0. The van der Waals surface area contributed by atoms with E-state index in [0.717, 1.165) is 5.56 Å². The molecule has 16 heavy (non-hydrogen) atoms. The molecule has 0 amide bonds. The number of benzene rings is 1. The third-order valence-electron chi connectivity index (χ3n) is 1.93. The molecule has 0 unspecified atom stereocenters. The SMILES string of the molecule is C[C@@H](CN)NS(=O)(=O)Cc1ccccc1.Cl. The van der Waals surface area contributed by atoms with Crippen LogP contribution in [0.4, 0.5) is 0 Å². The third kappa shape index (κ3) is 5.46. The Labute approximate surface area is 103 Å². The second-order valence-corrected chi connectivity index (χ2v) is 5.25. The van der Waals surface area contributed by atoms with Gasteiger partial charge in [-0.2, -0.15) is 0 Å². The van der Waals surface area contributed by atoms with Gasteiger partial charge >= 0.3 is 0 Å². The first-order valence-corrected chi connectivity index (χ1v) is 6.43. The van der Waals surface area contributed by atoms with Gasteiger partial charge in [-0.3, -0.25) is 0 Å². The summed E-state index contributed by atoms with van der Waals surface area (Å²) < 4.78 is 25.7. The summed E-state index contributed by atoms with van der Waals surface area (Å²) in [6.07, 6.45) is 0. The molecule has 1 aromatic carbocycles. The van der Waals surface area contributed by atoms with E-state index in [9.17, 15) is 8.42 Å². The number of nitrogens with one attached hydrogen (secondary N) is 1. The van der Waals surface area contributed by atoms with E-state index in [0.29, 0.717) is 6.54 Å². The Hall–Kier alpha value is -0.620. The lowest BCUT2D eigenvalue weighted by Crippen LogP contribution is -2.38. The first-order valence-electron chi connectivity index (χ1n) is 4.77. The van der Waals surface area contributed by atoms with Gasteiger partial charge in [0.15, 0.2) is 0 Å². The first kappa shape index (κ1) is 15.4. The summed E-state index contributed by atoms with van der Waals surface area (Å²) in [5.74, 6) is -0.00181. The van der Waals surface area contributed by atoms with Gasteiger partial charge in [0.05, 0.1) is 5.75 Å². The van der Waals surface area contributed by atoms with Crippen molar-refractivity contribution in [3.05, 3.63) is 35.9 Å². The van der Waals surface area contributed by atoms with Gasteiger partial charge in [-0.25, -0.2) is 13.1 Å². The van der Waals surface area contributed by atoms with Crippen LogP contribution in [0.5, 0.6) is 0 Å². The van der Waals surface area contributed by atoms with Crippen molar-refractivity contribution in [2.75, 3.05) is 6.54 Å². The number of nitrogens with two attached hydrogens (primary N) is 1. The van der Waals surface area contributed by atoms with Gasteiger partial charge in [-0.15, -0.1) is 12.4 Å². The third-order valence-corrected chi connectivity index (χ3v) is 3.41. The van der Waals surface area contributed by atoms with Crippen LogP contribution in [-0.4, -0.2) is 21.0 Å². The van der Waals surface area contributed by atoms with Crippen molar-refractivity contribution >= 4 is 22.4 Å². The molecule has 0 spiro atoms. The van der Waals surface area contributed by atoms with Gasteiger partial charge in [-0.05, 0) is 12.5 Å². The lowest BCUT2D eigenvalue weighted by molar-refractivity contribution is 0.562. The maximum Gasteiger partial charge on any atom is 0.216 e. The van der Waals surface area contributed by atoms with Gasteiger partial charge in [0, 0.05) is 12.6 Å². The van der Waals surface area contributed by atoms with E-state index < -0.39 is 10.0 Å². The van der Waals surface area contributed by atoms with Crippen molar-refractivity contribution in [3.8, 4) is 0 Å². The van der Waals surface area contributed by atoms with Crippen LogP contribution in [0, 0.1) is 0 Å². The van der Waals surface area contributed by atoms with E-state index in [4.69, 9.17) is 5.73 Å². The molecule has 0 aliphatic rings. The average Bonchev–Trinajstić information content (AvgIpc) is 2.17. The van der Waals surface area contributed by atoms with Gasteiger partial charge in [0.2, 0.25) is 10.0 Å². The highest BCUT2D eigenvalue weighted by atomic mass is 35.5. The Balaban J connectivity index is 0.00000225. The molecule has 92 valence electrons. The molecule has 1 aromatic rings. The van der Waals surface area contributed by atoms with Crippen LogP contribution in [0.2, 0.25) is 0 Å². The number of hydrogen-bond acceptors (Lipinski definition) is 3. The number of halogens is 1. The van der Waals surface area contributed by atoms with Crippen molar-refractivity contribution < 1.29 is 8.42 Å². The van der Waals surface area contributed by atoms with Gasteiger partial charge in [0.25, 0.3) is 0 Å². The summed E-state index contributed by atoms with van der Waals surface area (Å²) in [6, 6.07) is 8.83. The first-order chi connectivity index (χ1) is 7.03. The molecule has 4 nitrogen and oxygen atoms in total. The highest BCUT2D eigenvalue weighted by Crippen LogP contribution is 2.04. The van der Waals surface area contributed by atoms with Crippen LogP contribution in [-0.2, 0) is 15.8 Å². The normalized spacial score (nSPS) is 12.9. The van der Waals surface area contributed by atoms with Crippen molar-refractivity contribution in [2.24, 2.45) is 5.73 Å². The number of rotatable bonds is 5. The molecule has 0 heterocycles. The topological polar surface area (TPSA) is 72.2 Å². The molecule has 0 bridgehead atoms. The van der Waals surface area contributed by atoms with E-state index in [1.165, 1.54) is 0 Å². The summed E-state index contributed by atoms with van der Waals surface area (Å²) >= 11 is 0. The Kier molecular flexibility index (Phi) is 6.59. The van der Waals surface area contributed by atoms with Gasteiger partial charge in [0.1, 0.15) is 0 Å². The van der Waals surface area contributed by atoms with Crippen LogP contribution in [0.15, 0.2) is 30.3 Å². The van der Waals surface area contributed by atoms with Crippen molar-refractivity contribution in [3.63, 3.8) is 0 Å². The van der Waals surface area contributed by atoms with Crippen molar-refractivity contribution in [1.82, 2.24) is 4.72 Å². The zero-order valence-corrected chi connectivity index (χ0v) is 10.7. The van der Waals surface area contributed by atoms with E-state index in [1.807, 2.05) is 18.2 Å². The molecular formula is C10H17ClN2O2S. The molecule has 0 saturated carbocycles. The molecule has 0 aromatic heterocycles. The van der Waals surface area contributed by atoms with E-state index in [1.54, 1.807) is 19.1 Å². The molecule has 0 aliphatic carbocycles. The molecule has 1 rings (SSSR count). The highest BCUT2D eigenvalue weighted by molar-refractivity contribution is 7.88. The fourth-order valence-corrected chi connectivity index (χ4v) is 2.61. The molecule has 1 atom stereocenters. The molecule has 3 N–H and O–H groups in total. The second-order valence-electron chi connectivity index (χ2n) is 3.50. The Morgan fingerprint density at radius 3 is 2.38 bits per heavy atom. The molecule has 6 heteroatoms. The van der Waals surface area contributed by atoms with Crippen LogP contribution in [0.25, 0.3) is 0 Å². The van der Waals surface area contributed by atoms with Crippen LogP contribution < -0.4 is 10.5 Å². The monoisotopic (exact) mass is 264 g/mol. The Morgan fingerprint density at radius 1 is 1.31 bits per heavy atom. The minimum atomic E-state index is -3.28. The van der Waals surface area contributed by atoms with Gasteiger partial charge in [-0.1, -0.05) is 30.3 Å². The lowest BCUT2D eigenvalue weighted by Gasteiger charge is -2.11. The number of hydrogen-bond donors (Lipinski definition) is 2. The molecule has 0 saturated heterocycles. The second kappa shape index (κ2) is 6.85. The Morgan fingerprint density at radius 2 is 1.88 bits per heavy atom. The van der Waals surface area contributed by atoms with Crippen molar-refractivity contribution in [1.29, 1.82) is 0 Å². The minimum Gasteiger partial charge on any atom is -0.329 e. The van der Waals surface area contributed by atoms with E-state index >= 15 is 0 Å². The van der Waals surface area contributed by atoms with E-state index in [2.05, 4.69) is 4.72 Å². The summed E-state index contributed by atoms with van der Waals surface area (Å²) in [6.45, 7) is 2.04. The van der Waals surface area contributed by atoms with E-state index in [-0.39, 0.29) is 24.2 Å². The smallest absolute Gasteiger partial charge is 0.216 e. The summed E-state index contributed by atoms with van der Waals surface area (Å²) in [4.78, 5) is 0. The maximum absolute atomic E-state index is 11.6. The molecule has 0 aliphatic heterocycles. The molecular weight excluding hydrogens is 248 g/mol. The van der Waals surface area contributed by atoms with Crippen LogP contribution >= 0.6 is 12.4 Å².